The molecule has 0 aromatic heterocycles. The zero-order valence-corrected chi connectivity index (χ0v) is 12.7. The quantitative estimate of drug-likeness (QED) is 0.849. The first-order chi connectivity index (χ1) is 10.00. The molecule has 0 radical (unpaired) electrons. The average molecular weight is 290 g/mol. The van der Waals surface area contributed by atoms with Crippen LogP contribution in [0.15, 0.2) is 18.2 Å². The van der Waals surface area contributed by atoms with Gasteiger partial charge in [-0.25, -0.2) is 4.39 Å². The van der Waals surface area contributed by atoms with E-state index in [1.807, 2.05) is 0 Å². The number of rotatable bonds is 2. The van der Waals surface area contributed by atoms with Gasteiger partial charge in [0.15, 0.2) is 0 Å². The Balaban J connectivity index is 1.96. The standard InChI is InChI=1S/C17H23FN2O/c1-17(2)11-20(16-6-4-3-5-14(16)19-17)15-8-7-12(10-21)9-13(15)18/h7-10,14,16,19H,3-6,11H2,1-2H3/t14-,16+/m1/s1. The summed E-state index contributed by atoms with van der Waals surface area (Å²) in [6.07, 6.45) is 5.39. The molecule has 4 heteroatoms. The summed E-state index contributed by atoms with van der Waals surface area (Å²) in [5.74, 6) is -0.290. The highest BCUT2D eigenvalue weighted by Crippen LogP contribution is 2.34. The zero-order chi connectivity index (χ0) is 15.0. The fraction of sp³-hybridized carbons (Fsp3) is 0.588. The second-order valence-corrected chi connectivity index (χ2v) is 6.94. The molecule has 0 amide bonds. The Morgan fingerprint density at radius 1 is 1.33 bits per heavy atom. The van der Waals surface area contributed by atoms with Crippen molar-refractivity contribution in [1.82, 2.24) is 5.32 Å². The fourth-order valence-corrected chi connectivity index (χ4v) is 3.84. The van der Waals surface area contributed by atoms with Gasteiger partial charge in [-0.3, -0.25) is 4.79 Å². The molecule has 1 saturated heterocycles. The highest BCUT2D eigenvalue weighted by atomic mass is 19.1. The molecule has 114 valence electrons. The van der Waals surface area contributed by atoms with E-state index in [1.54, 1.807) is 12.1 Å². The molecular formula is C17H23FN2O. The van der Waals surface area contributed by atoms with Gasteiger partial charge >= 0.3 is 0 Å². The minimum atomic E-state index is -0.290. The molecule has 1 aliphatic heterocycles. The van der Waals surface area contributed by atoms with E-state index in [1.165, 1.54) is 18.9 Å². The van der Waals surface area contributed by atoms with Crippen LogP contribution in [-0.4, -0.2) is 30.5 Å². The summed E-state index contributed by atoms with van der Waals surface area (Å²) < 4.78 is 14.4. The van der Waals surface area contributed by atoms with Crippen LogP contribution in [0.3, 0.4) is 0 Å². The molecule has 0 unspecified atom stereocenters. The molecule has 1 saturated carbocycles. The number of nitrogens with one attached hydrogen (secondary N) is 1. The smallest absolute Gasteiger partial charge is 0.150 e. The summed E-state index contributed by atoms with van der Waals surface area (Å²) >= 11 is 0. The number of hydrogen-bond acceptors (Lipinski definition) is 3. The van der Waals surface area contributed by atoms with Crippen molar-refractivity contribution in [3.63, 3.8) is 0 Å². The topological polar surface area (TPSA) is 32.3 Å². The Hall–Kier alpha value is -1.42. The van der Waals surface area contributed by atoms with Gasteiger partial charge in [-0.15, -0.1) is 0 Å². The number of aldehydes is 1. The lowest BCUT2D eigenvalue weighted by Gasteiger charge is -2.52. The summed E-state index contributed by atoms with van der Waals surface area (Å²) in [5, 5.41) is 3.72. The first kappa shape index (κ1) is 14.5. The number of benzene rings is 1. The van der Waals surface area contributed by atoms with Crippen LogP contribution in [0.5, 0.6) is 0 Å². The second-order valence-electron chi connectivity index (χ2n) is 6.94. The van der Waals surface area contributed by atoms with Crippen LogP contribution in [0.2, 0.25) is 0 Å². The zero-order valence-electron chi connectivity index (χ0n) is 12.7. The molecule has 0 spiro atoms. The van der Waals surface area contributed by atoms with Crippen LogP contribution in [-0.2, 0) is 0 Å². The van der Waals surface area contributed by atoms with Gasteiger partial charge in [0.2, 0.25) is 0 Å². The van der Waals surface area contributed by atoms with E-state index in [9.17, 15) is 9.18 Å². The lowest BCUT2D eigenvalue weighted by molar-refractivity contribution is 0.112. The predicted octanol–water partition coefficient (Wildman–Crippen LogP) is 3.14. The van der Waals surface area contributed by atoms with Gasteiger partial charge in [-0.1, -0.05) is 12.8 Å². The van der Waals surface area contributed by atoms with Gasteiger partial charge in [0.05, 0.1) is 5.69 Å². The lowest BCUT2D eigenvalue weighted by atomic mass is 9.83. The molecule has 3 rings (SSSR count). The maximum Gasteiger partial charge on any atom is 0.150 e. The Bertz CT molecular complexity index is 544. The van der Waals surface area contributed by atoms with Crippen molar-refractivity contribution in [3.05, 3.63) is 29.6 Å². The van der Waals surface area contributed by atoms with Crippen LogP contribution >= 0.6 is 0 Å². The van der Waals surface area contributed by atoms with Crippen LogP contribution in [0.1, 0.15) is 49.9 Å². The van der Waals surface area contributed by atoms with E-state index in [2.05, 4.69) is 24.1 Å². The van der Waals surface area contributed by atoms with E-state index >= 15 is 0 Å². The van der Waals surface area contributed by atoms with Crippen molar-refractivity contribution < 1.29 is 9.18 Å². The molecule has 21 heavy (non-hydrogen) atoms. The van der Waals surface area contributed by atoms with Gasteiger partial charge in [0, 0.05) is 29.7 Å². The van der Waals surface area contributed by atoms with Gasteiger partial charge in [0.1, 0.15) is 12.1 Å². The van der Waals surface area contributed by atoms with E-state index in [0.717, 1.165) is 19.4 Å². The molecule has 1 aromatic rings. The number of carbonyl (C=O) groups is 1. The highest BCUT2D eigenvalue weighted by Gasteiger charge is 2.41. The van der Waals surface area contributed by atoms with Crippen LogP contribution in [0.4, 0.5) is 10.1 Å². The average Bonchev–Trinajstić information content (AvgIpc) is 2.45. The molecule has 2 fully saturated rings. The predicted molar refractivity (Wildman–Crippen MR) is 82.4 cm³/mol. The number of hydrogen-bond donors (Lipinski definition) is 1. The maximum absolute atomic E-state index is 14.4. The minimum absolute atomic E-state index is 0.0335. The van der Waals surface area contributed by atoms with E-state index < -0.39 is 0 Å². The van der Waals surface area contributed by atoms with Crippen molar-refractivity contribution in [1.29, 1.82) is 0 Å². The van der Waals surface area contributed by atoms with Crippen molar-refractivity contribution in [2.75, 3.05) is 11.4 Å². The highest BCUT2D eigenvalue weighted by molar-refractivity contribution is 5.76. The summed E-state index contributed by atoms with van der Waals surface area (Å²) in [5.41, 5.74) is 0.992. The van der Waals surface area contributed by atoms with Crippen molar-refractivity contribution in [3.8, 4) is 0 Å². The third-order valence-electron chi connectivity index (χ3n) is 4.69. The van der Waals surface area contributed by atoms with E-state index in [4.69, 9.17) is 0 Å². The fourth-order valence-electron chi connectivity index (χ4n) is 3.84. The molecular weight excluding hydrogens is 267 g/mol. The van der Waals surface area contributed by atoms with Crippen molar-refractivity contribution >= 4 is 12.0 Å². The van der Waals surface area contributed by atoms with Crippen LogP contribution in [0, 0.1) is 5.82 Å². The number of piperazine rings is 1. The number of carbonyl (C=O) groups excluding carboxylic acids is 1. The third-order valence-corrected chi connectivity index (χ3v) is 4.69. The van der Waals surface area contributed by atoms with Gasteiger partial charge in [0.25, 0.3) is 0 Å². The molecule has 1 aromatic carbocycles. The molecule has 0 bridgehead atoms. The largest absolute Gasteiger partial charge is 0.363 e. The molecule has 1 N–H and O–H groups in total. The first-order valence-corrected chi connectivity index (χ1v) is 7.79. The SMILES string of the molecule is CC1(C)CN(c2ccc(C=O)cc2F)[C@H]2CCCC[C@H]2N1. The summed E-state index contributed by atoms with van der Waals surface area (Å²) in [7, 11) is 0. The third kappa shape index (κ3) is 2.82. The van der Waals surface area contributed by atoms with Gasteiger partial charge in [-0.2, -0.15) is 0 Å². The lowest BCUT2D eigenvalue weighted by Crippen LogP contribution is -2.67. The number of nitrogens with zero attached hydrogens (tertiary/aromatic N) is 1. The van der Waals surface area contributed by atoms with Crippen molar-refractivity contribution in [2.24, 2.45) is 0 Å². The molecule has 1 heterocycles. The van der Waals surface area contributed by atoms with Gasteiger partial charge < -0.3 is 10.2 Å². The Labute approximate surface area is 125 Å². The monoisotopic (exact) mass is 290 g/mol. The Morgan fingerprint density at radius 3 is 2.81 bits per heavy atom. The molecule has 2 aliphatic rings. The summed E-state index contributed by atoms with van der Waals surface area (Å²) in [4.78, 5) is 13.0. The first-order valence-electron chi connectivity index (χ1n) is 7.79. The summed E-state index contributed by atoms with van der Waals surface area (Å²) in [6.45, 7) is 5.12. The maximum atomic E-state index is 14.4. The minimum Gasteiger partial charge on any atom is -0.363 e. The normalized spacial score (nSPS) is 28.0. The molecule has 1 aliphatic carbocycles. The van der Waals surface area contributed by atoms with E-state index in [-0.39, 0.29) is 11.4 Å². The number of halogens is 1. The number of anilines is 1. The molecule has 3 nitrogen and oxygen atoms in total. The van der Waals surface area contributed by atoms with E-state index in [0.29, 0.717) is 29.6 Å². The van der Waals surface area contributed by atoms with Crippen LogP contribution in [0.25, 0.3) is 0 Å². The molecule has 2 atom stereocenters. The van der Waals surface area contributed by atoms with Crippen LogP contribution < -0.4 is 10.2 Å². The second kappa shape index (κ2) is 5.41. The Kier molecular flexibility index (Phi) is 3.74. The number of fused-ring (bicyclic) bond motifs is 1. The Morgan fingerprint density at radius 2 is 2.10 bits per heavy atom. The summed E-state index contributed by atoms with van der Waals surface area (Å²) in [6, 6.07) is 5.58. The van der Waals surface area contributed by atoms with Crippen molar-refractivity contribution in [2.45, 2.75) is 57.2 Å². The van der Waals surface area contributed by atoms with Gasteiger partial charge in [-0.05, 0) is 44.9 Å².